The maximum Gasteiger partial charge on any atom is 0.396 e. The predicted octanol–water partition coefficient (Wildman–Crippen LogP) is 1.48. The molecule has 4 nitrogen and oxygen atoms in total. The number of carbonyl (C=O) groups is 2. The third kappa shape index (κ3) is 3.90. The van der Waals surface area contributed by atoms with Crippen molar-refractivity contribution in [2.75, 3.05) is 6.61 Å². The van der Waals surface area contributed by atoms with Crippen LogP contribution in [0.3, 0.4) is 0 Å². The SMILES string of the molecule is CCOC(=O)C(=O)NCc1cc(C)ccc1C. The van der Waals surface area contributed by atoms with E-state index in [1.165, 1.54) is 0 Å². The molecule has 4 heteroatoms. The topological polar surface area (TPSA) is 55.4 Å². The second-order valence-corrected chi connectivity index (χ2v) is 3.83. The Morgan fingerprint density at radius 1 is 1.29 bits per heavy atom. The van der Waals surface area contributed by atoms with Crippen LogP contribution in [0.4, 0.5) is 0 Å². The predicted molar refractivity (Wildman–Crippen MR) is 64.4 cm³/mol. The van der Waals surface area contributed by atoms with Crippen LogP contribution in [0.1, 0.15) is 23.6 Å². The van der Waals surface area contributed by atoms with E-state index in [4.69, 9.17) is 0 Å². The quantitative estimate of drug-likeness (QED) is 0.637. The van der Waals surface area contributed by atoms with Gasteiger partial charge in [-0.3, -0.25) is 4.79 Å². The molecule has 0 saturated heterocycles. The first-order valence-corrected chi connectivity index (χ1v) is 5.55. The highest BCUT2D eigenvalue weighted by atomic mass is 16.5. The third-order valence-electron chi connectivity index (χ3n) is 2.40. The molecule has 1 aromatic carbocycles. The van der Waals surface area contributed by atoms with Gasteiger partial charge in [0.2, 0.25) is 0 Å². The Hall–Kier alpha value is -1.84. The highest BCUT2D eigenvalue weighted by Crippen LogP contribution is 2.10. The van der Waals surface area contributed by atoms with Crippen LogP contribution in [0.5, 0.6) is 0 Å². The van der Waals surface area contributed by atoms with E-state index in [-0.39, 0.29) is 6.61 Å². The third-order valence-corrected chi connectivity index (χ3v) is 2.40. The summed E-state index contributed by atoms with van der Waals surface area (Å²) in [6, 6.07) is 5.98. The van der Waals surface area contributed by atoms with E-state index in [0.29, 0.717) is 6.54 Å². The molecule has 0 spiro atoms. The number of benzene rings is 1. The van der Waals surface area contributed by atoms with Crippen LogP contribution < -0.4 is 5.32 Å². The van der Waals surface area contributed by atoms with E-state index in [0.717, 1.165) is 16.7 Å². The number of aryl methyl sites for hydroxylation is 2. The summed E-state index contributed by atoms with van der Waals surface area (Å²) < 4.78 is 4.60. The molecule has 0 radical (unpaired) electrons. The fraction of sp³-hybridized carbons (Fsp3) is 0.385. The summed E-state index contributed by atoms with van der Waals surface area (Å²) in [7, 11) is 0. The Bertz CT molecular complexity index is 427. The van der Waals surface area contributed by atoms with Crippen molar-refractivity contribution in [3.05, 3.63) is 34.9 Å². The zero-order chi connectivity index (χ0) is 12.8. The largest absolute Gasteiger partial charge is 0.459 e. The van der Waals surface area contributed by atoms with Crippen LogP contribution in [0.15, 0.2) is 18.2 Å². The summed E-state index contributed by atoms with van der Waals surface area (Å²) in [5, 5.41) is 2.54. The van der Waals surface area contributed by atoms with Crippen molar-refractivity contribution in [2.24, 2.45) is 0 Å². The van der Waals surface area contributed by atoms with Gasteiger partial charge in [0.1, 0.15) is 0 Å². The number of esters is 1. The van der Waals surface area contributed by atoms with E-state index in [1.807, 2.05) is 32.0 Å². The Balaban J connectivity index is 2.58. The van der Waals surface area contributed by atoms with Gasteiger partial charge in [-0.25, -0.2) is 4.79 Å². The minimum atomic E-state index is -0.835. The molecule has 0 atom stereocenters. The summed E-state index contributed by atoms with van der Waals surface area (Å²) in [5.41, 5.74) is 3.21. The zero-order valence-electron chi connectivity index (χ0n) is 10.4. The second kappa shape index (κ2) is 6.03. The van der Waals surface area contributed by atoms with Crippen LogP contribution >= 0.6 is 0 Å². The van der Waals surface area contributed by atoms with Gasteiger partial charge in [0.05, 0.1) is 6.61 Å². The minimum Gasteiger partial charge on any atom is -0.459 e. The fourth-order valence-electron chi connectivity index (χ4n) is 1.44. The molecule has 17 heavy (non-hydrogen) atoms. The summed E-state index contributed by atoms with van der Waals surface area (Å²) in [4.78, 5) is 22.4. The maximum absolute atomic E-state index is 11.3. The van der Waals surface area contributed by atoms with Gasteiger partial charge in [0.25, 0.3) is 0 Å². The Morgan fingerprint density at radius 2 is 2.00 bits per heavy atom. The Kier molecular flexibility index (Phi) is 4.69. The lowest BCUT2D eigenvalue weighted by molar-refractivity contribution is -0.154. The molecule has 0 aliphatic heterocycles. The van der Waals surface area contributed by atoms with Gasteiger partial charge in [0.15, 0.2) is 0 Å². The van der Waals surface area contributed by atoms with Gasteiger partial charge >= 0.3 is 11.9 Å². The van der Waals surface area contributed by atoms with Crippen LogP contribution in [-0.2, 0) is 20.9 Å². The maximum atomic E-state index is 11.3. The average Bonchev–Trinajstić information content (AvgIpc) is 2.30. The van der Waals surface area contributed by atoms with Crippen molar-refractivity contribution in [3.63, 3.8) is 0 Å². The van der Waals surface area contributed by atoms with Crippen LogP contribution in [0.2, 0.25) is 0 Å². The number of rotatable bonds is 3. The van der Waals surface area contributed by atoms with E-state index in [1.54, 1.807) is 6.92 Å². The van der Waals surface area contributed by atoms with E-state index in [2.05, 4.69) is 10.1 Å². The zero-order valence-corrected chi connectivity index (χ0v) is 10.4. The van der Waals surface area contributed by atoms with Crippen molar-refractivity contribution in [2.45, 2.75) is 27.3 Å². The van der Waals surface area contributed by atoms with E-state index >= 15 is 0 Å². The van der Waals surface area contributed by atoms with Crippen LogP contribution in [0, 0.1) is 13.8 Å². The summed E-state index contributed by atoms with van der Waals surface area (Å²) in [6.07, 6.45) is 0. The van der Waals surface area contributed by atoms with Crippen molar-refractivity contribution >= 4 is 11.9 Å². The van der Waals surface area contributed by atoms with Gasteiger partial charge in [-0.2, -0.15) is 0 Å². The van der Waals surface area contributed by atoms with Crippen molar-refractivity contribution in [3.8, 4) is 0 Å². The van der Waals surface area contributed by atoms with Crippen LogP contribution in [0.25, 0.3) is 0 Å². The molecule has 0 saturated carbocycles. The first-order chi connectivity index (χ1) is 8.04. The summed E-state index contributed by atoms with van der Waals surface area (Å²) >= 11 is 0. The summed E-state index contributed by atoms with van der Waals surface area (Å²) in [6.45, 7) is 6.15. The standard InChI is InChI=1S/C13H17NO3/c1-4-17-13(16)12(15)14-8-11-7-9(2)5-6-10(11)3/h5-7H,4,8H2,1-3H3,(H,14,15). The normalized spacial score (nSPS) is 9.82. The van der Waals surface area contributed by atoms with Crippen LogP contribution in [-0.4, -0.2) is 18.5 Å². The molecular weight excluding hydrogens is 218 g/mol. The van der Waals surface area contributed by atoms with Gasteiger partial charge in [0, 0.05) is 6.54 Å². The fourth-order valence-corrected chi connectivity index (χ4v) is 1.44. The number of amides is 1. The minimum absolute atomic E-state index is 0.204. The molecular formula is C13H17NO3. The second-order valence-electron chi connectivity index (χ2n) is 3.83. The molecule has 1 amide bonds. The molecule has 1 aromatic rings. The van der Waals surface area contributed by atoms with E-state index in [9.17, 15) is 9.59 Å². The average molecular weight is 235 g/mol. The highest BCUT2D eigenvalue weighted by Gasteiger charge is 2.14. The first kappa shape index (κ1) is 13.2. The molecule has 0 aliphatic carbocycles. The first-order valence-electron chi connectivity index (χ1n) is 5.55. The van der Waals surface area contributed by atoms with Crippen molar-refractivity contribution in [1.82, 2.24) is 5.32 Å². The van der Waals surface area contributed by atoms with Gasteiger partial charge in [-0.1, -0.05) is 23.8 Å². The lowest BCUT2D eigenvalue weighted by atomic mass is 10.1. The number of nitrogens with one attached hydrogen (secondary N) is 1. The highest BCUT2D eigenvalue weighted by molar-refractivity contribution is 6.32. The Labute approximate surface area is 101 Å². The molecule has 0 heterocycles. The number of ether oxygens (including phenoxy) is 1. The van der Waals surface area contributed by atoms with Gasteiger partial charge < -0.3 is 10.1 Å². The number of hydrogen-bond donors (Lipinski definition) is 1. The molecule has 0 fully saturated rings. The van der Waals surface area contributed by atoms with Gasteiger partial charge in [-0.15, -0.1) is 0 Å². The van der Waals surface area contributed by atoms with Gasteiger partial charge in [-0.05, 0) is 31.9 Å². The van der Waals surface area contributed by atoms with Crippen molar-refractivity contribution < 1.29 is 14.3 Å². The molecule has 92 valence electrons. The molecule has 0 bridgehead atoms. The molecule has 0 unspecified atom stereocenters. The lowest BCUT2D eigenvalue weighted by Crippen LogP contribution is -2.32. The monoisotopic (exact) mass is 235 g/mol. The van der Waals surface area contributed by atoms with E-state index < -0.39 is 11.9 Å². The Morgan fingerprint density at radius 3 is 2.65 bits per heavy atom. The number of hydrogen-bond acceptors (Lipinski definition) is 3. The summed E-state index contributed by atoms with van der Waals surface area (Å²) in [5.74, 6) is -1.54. The smallest absolute Gasteiger partial charge is 0.396 e. The lowest BCUT2D eigenvalue weighted by Gasteiger charge is -2.08. The molecule has 1 rings (SSSR count). The van der Waals surface area contributed by atoms with Crippen molar-refractivity contribution in [1.29, 1.82) is 0 Å². The number of carbonyl (C=O) groups excluding carboxylic acids is 2. The molecule has 1 N–H and O–H groups in total. The molecule has 0 aliphatic rings. The molecule has 0 aromatic heterocycles.